The number of hydrazine groups is 1. The average Bonchev–Trinajstić information content (AvgIpc) is 2.04. The second-order valence-corrected chi connectivity index (χ2v) is 3.59. The Labute approximate surface area is 68.7 Å². The molecule has 4 N–H and O–H groups in total. The van der Waals surface area contributed by atoms with Crippen LogP contribution in [0.25, 0.3) is 0 Å². The van der Waals surface area contributed by atoms with Crippen LogP contribution in [0.15, 0.2) is 0 Å². The van der Waals surface area contributed by atoms with E-state index in [-0.39, 0.29) is 0 Å². The van der Waals surface area contributed by atoms with Gasteiger partial charge in [0, 0.05) is 12.1 Å². The number of nitrogens with one attached hydrogen (secondary N) is 2. The SMILES string of the molecule is CNC1CCC(C)CC1NN. The Bertz CT molecular complexity index is 116. The zero-order valence-corrected chi connectivity index (χ0v) is 7.43. The zero-order valence-electron chi connectivity index (χ0n) is 7.43. The Hall–Kier alpha value is -0.120. The Morgan fingerprint density at radius 2 is 2.00 bits per heavy atom. The molecule has 0 aromatic carbocycles. The molecule has 11 heavy (non-hydrogen) atoms. The molecule has 0 spiro atoms. The van der Waals surface area contributed by atoms with Gasteiger partial charge in [-0.1, -0.05) is 6.92 Å². The van der Waals surface area contributed by atoms with Gasteiger partial charge in [0.25, 0.3) is 0 Å². The number of nitrogens with two attached hydrogens (primary N) is 1. The van der Waals surface area contributed by atoms with Crippen LogP contribution in [0.2, 0.25) is 0 Å². The lowest BCUT2D eigenvalue weighted by molar-refractivity contribution is 0.245. The van der Waals surface area contributed by atoms with E-state index < -0.39 is 0 Å². The fourth-order valence-corrected chi connectivity index (χ4v) is 1.91. The van der Waals surface area contributed by atoms with Crippen molar-refractivity contribution < 1.29 is 0 Å². The minimum Gasteiger partial charge on any atom is -0.315 e. The molecular weight excluding hydrogens is 138 g/mol. The van der Waals surface area contributed by atoms with Crippen LogP contribution in [-0.4, -0.2) is 19.1 Å². The molecule has 0 amide bonds. The van der Waals surface area contributed by atoms with Gasteiger partial charge in [0.2, 0.25) is 0 Å². The molecule has 0 heterocycles. The van der Waals surface area contributed by atoms with E-state index in [4.69, 9.17) is 5.84 Å². The van der Waals surface area contributed by atoms with Gasteiger partial charge in [-0.2, -0.15) is 0 Å². The summed E-state index contributed by atoms with van der Waals surface area (Å²) in [6.45, 7) is 2.29. The molecule has 3 heteroatoms. The lowest BCUT2D eigenvalue weighted by atomic mass is 9.84. The molecule has 1 aliphatic rings. The van der Waals surface area contributed by atoms with Gasteiger partial charge in [0.1, 0.15) is 0 Å². The quantitative estimate of drug-likeness (QED) is 0.397. The van der Waals surface area contributed by atoms with Gasteiger partial charge in [0.05, 0.1) is 0 Å². The molecule has 3 atom stereocenters. The highest BCUT2D eigenvalue weighted by Crippen LogP contribution is 2.23. The van der Waals surface area contributed by atoms with Crippen molar-refractivity contribution in [2.75, 3.05) is 7.05 Å². The zero-order chi connectivity index (χ0) is 8.27. The van der Waals surface area contributed by atoms with Crippen molar-refractivity contribution in [2.45, 2.75) is 38.3 Å². The topological polar surface area (TPSA) is 50.1 Å². The van der Waals surface area contributed by atoms with Crippen LogP contribution < -0.4 is 16.6 Å². The first kappa shape index (κ1) is 8.97. The second-order valence-electron chi connectivity index (χ2n) is 3.59. The Balaban J connectivity index is 2.41. The largest absolute Gasteiger partial charge is 0.315 e. The summed E-state index contributed by atoms with van der Waals surface area (Å²) in [6, 6.07) is 1.03. The van der Waals surface area contributed by atoms with Crippen LogP contribution in [0.3, 0.4) is 0 Å². The van der Waals surface area contributed by atoms with Crippen LogP contribution in [0.4, 0.5) is 0 Å². The Morgan fingerprint density at radius 3 is 2.55 bits per heavy atom. The molecule has 0 aromatic rings. The van der Waals surface area contributed by atoms with Crippen LogP contribution in [0, 0.1) is 5.92 Å². The molecule has 1 fully saturated rings. The summed E-state index contributed by atoms with van der Waals surface area (Å²) >= 11 is 0. The van der Waals surface area contributed by atoms with Crippen LogP contribution in [-0.2, 0) is 0 Å². The number of rotatable bonds is 2. The van der Waals surface area contributed by atoms with Crippen LogP contribution >= 0.6 is 0 Å². The van der Waals surface area contributed by atoms with Crippen molar-refractivity contribution in [1.82, 2.24) is 10.7 Å². The van der Waals surface area contributed by atoms with Gasteiger partial charge in [-0.05, 0) is 32.2 Å². The molecule has 0 radical (unpaired) electrons. The van der Waals surface area contributed by atoms with Gasteiger partial charge in [0.15, 0.2) is 0 Å². The van der Waals surface area contributed by atoms with Crippen molar-refractivity contribution in [3.05, 3.63) is 0 Å². The van der Waals surface area contributed by atoms with Gasteiger partial charge in [-0.15, -0.1) is 0 Å². The maximum atomic E-state index is 5.44. The molecule has 0 aromatic heterocycles. The summed E-state index contributed by atoms with van der Waals surface area (Å²) in [6.07, 6.45) is 3.76. The summed E-state index contributed by atoms with van der Waals surface area (Å²) in [5.74, 6) is 6.26. The standard InChI is InChI=1S/C8H19N3/c1-6-3-4-7(10-2)8(5-6)11-9/h6-8,10-11H,3-5,9H2,1-2H3. The number of hydrogen-bond donors (Lipinski definition) is 3. The number of likely N-dealkylation sites (N-methyl/N-ethyl adjacent to an activating group) is 1. The monoisotopic (exact) mass is 157 g/mol. The minimum absolute atomic E-state index is 0.462. The van der Waals surface area contributed by atoms with E-state index in [1.807, 2.05) is 7.05 Å². The highest BCUT2D eigenvalue weighted by Gasteiger charge is 2.26. The highest BCUT2D eigenvalue weighted by molar-refractivity contribution is 4.86. The lowest BCUT2D eigenvalue weighted by Crippen LogP contribution is -2.52. The molecule has 3 unspecified atom stereocenters. The fourth-order valence-electron chi connectivity index (χ4n) is 1.91. The predicted molar refractivity (Wildman–Crippen MR) is 47.0 cm³/mol. The van der Waals surface area contributed by atoms with Gasteiger partial charge in [-0.25, -0.2) is 0 Å². The minimum atomic E-state index is 0.462. The molecule has 3 nitrogen and oxygen atoms in total. The first-order valence-corrected chi connectivity index (χ1v) is 4.41. The second kappa shape index (κ2) is 4.04. The van der Waals surface area contributed by atoms with Crippen LogP contribution in [0.5, 0.6) is 0 Å². The molecule has 1 saturated carbocycles. The maximum absolute atomic E-state index is 5.44. The summed E-state index contributed by atoms with van der Waals surface area (Å²) in [5.41, 5.74) is 2.87. The third-order valence-electron chi connectivity index (χ3n) is 2.70. The lowest BCUT2D eigenvalue weighted by Gasteiger charge is -2.34. The summed E-state index contributed by atoms with van der Waals surface area (Å²) in [5, 5.41) is 3.28. The maximum Gasteiger partial charge on any atom is 0.0366 e. The van der Waals surface area contributed by atoms with Crippen molar-refractivity contribution in [1.29, 1.82) is 0 Å². The first-order valence-electron chi connectivity index (χ1n) is 4.41. The highest BCUT2D eigenvalue weighted by atomic mass is 15.2. The predicted octanol–water partition coefficient (Wildman–Crippen LogP) is 0.226. The van der Waals surface area contributed by atoms with E-state index in [0.717, 1.165) is 5.92 Å². The van der Waals surface area contributed by atoms with Crippen molar-refractivity contribution in [3.8, 4) is 0 Å². The molecule has 0 aliphatic heterocycles. The van der Waals surface area contributed by atoms with E-state index >= 15 is 0 Å². The van der Waals surface area contributed by atoms with E-state index in [9.17, 15) is 0 Å². The van der Waals surface area contributed by atoms with E-state index in [0.29, 0.717) is 12.1 Å². The van der Waals surface area contributed by atoms with Gasteiger partial charge < -0.3 is 5.32 Å². The van der Waals surface area contributed by atoms with E-state index in [2.05, 4.69) is 17.7 Å². The summed E-state index contributed by atoms with van der Waals surface area (Å²) < 4.78 is 0. The summed E-state index contributed by atoms with van der Waals surface area (Å²) in [4.78, 5) is 0. The van der Waals surface area contributed by atoms with Crippen LogP contribution in [0.1, 0.15) is 26.2 Å². The van der Waals surface area contributed by atoms with Gasteiger partial charge >= 0.3 is 0 Å². The number of hydrogen-bond acceptors (Lipinski definition) is 3. The third kappa shape index (κ3) is 2.15. The van der Waals surface area contributed by atoms with E-state index in [1.165, 1.54) is 19.3 Å². The van der Waals surface area contributed by atoms with Gasteiger partial charge in [-0.3, -0.25) is 11.3 Å². The molecule has 0 saturated heterocycles. The van der Waals surface area contributed by atoms with E-state index in [1.54, 1.807) is 0 Å². The first-order chi connectivity index (χ1) is 5.27. The molecule has 0 bridgehead atoms. The van der Waals surface area contributed by atoms with Crippen molar-refractivity contribution in [2.24, 2.45) is 11.8 Å². The normalized spacial score (nSPS) is 39.0. The fraction of sp³-hybridized carbons (Fsp3) is 1.00. The smallest absolute Gasteiger partial charge is 0.0366 e. The molecular formula is C8H19N3. The average molecular weight is 157 g/mol. The Kier molecular flexibility index (Phi) is 3.30. The molecule has 1 rings (SSSR count). The van der Waals surface area contributed by atoms with Crippen molar-refractivity contribution in [3.63, 3.8) is 0 Å². The Morgan fingerprint density at radius 1 is 1.27 bits per heavy atom. The van der Waals surface area contributed by atoms with Crippen molar-refractivity contribution >= 4 is 0 Å². The molecule has 1 aliphatic carbocycles. The third-order valence-corrected chi connectivity index (χ3v) is 2.70. The summed E-state index contributed by atoms with van der Waals surface area (Å²) in [7, 11) is 2.00. The molecule has 66 valence electrons.